The standard InChI is InChI=1S/C21H27N/c1-13(2)15-7-9-19-17(11-15)21(5,6)18-12-16(14(3)4)8-10-20(18)22-19/h7-14,22H,1-6H3/i5D3,6D3. The van der Waals surface area contributed by atoms with Gasteiger partial charge in [0.05, 0.1) is 0 Å². The summed E-state index contributed by atoms with van der Waals surface area (Å²) in [6, 6.07) is 11.0. The molecule has 0 radical (unpaired) electrons. The Morgan fingerprint density at radius 3 is 1.64 bits per heavy atom. The molecule has 1 N–H and O–H groups in total. The van der Waals surface area contributed by atoms with E-state index in [2.05, 4.69) is 5.32 Å². The van der Waals surface area contributed by atoms with Crippen LogP contribution in [0.1, 0.15) is 83.7 Å². The largest absolute Gasteiger partial charge is 0.355 e. The van der Waals surface area contributed by atoms with Gasteiger partial charge in [-0.2, -0.15) is 0 Å². The average Bonchev–Trinajstić information content (AvgIpc) is 2.56. The van der Waals surface area contributed by atoms with Gasteiger partial charge in [-0.3, -0.25) is 0 Å². The zero-order valence-electron chi connectivity index (χ0n) is 19.6. The molecule has 1 nitrogen and oxygen atoms in total. The van der Waals surface area contributed by atoms with Gasteiger partial charge in [0.2, 0.25) is 0 Å². The van der Waals surface area contributed by atoms with Gasteiger partial charge >= 0.3 is 0 Å². The van der Waals surface area contributed by atoms with E-state index in [1.54, 1.807) is 24.3 Å². The maximum atomic E-state index is 8.39. The van der Waals surface area contributed by atoms with Gasteiger partial charge in [0, 0.05) is 25.0 Å². The predicted octanol–water partition coefficient (Wildman–Crippen LogP) is 6.32. The molecule has 0 bridgehead atoms. The summed E-state index contributed by atoms with van der Waals surface area (Å²) in [7, 11) is 0. The topological polar surface area (TPSA) is 12.0 Å². The van der Waals surface area contributed by atoms with Crippen molar-refractivity contribution in [3.05, 3.63) is 58.7 Å². The lowest BCUT2D eigenvalue weighted by molar-refractivity contribution is 0.633. The minimum Gasteiger partial charge on any atom is -0.355 e. The van der Waals surface area contributed by atoms with Crippen LogP contribution in [0.4, 0.5) is 11.4 Å². The Labute approximate surface area is 143 Å². The second kappa shape index (κ2) is 5.15. The van der Waals surface area contributed by atoms with Gasteiger partial charge in [-0.05, 0) is 46.2 Å². The first-order valence-corrected chi connectivity index (χ1v) is 7.86. The zero-order chi connectivity index (χ0) is 21.1. The van der Waals surface area contributed by atoms with E-state index in [1.165, 1.54) is 0 Å². The number of fused-ring (bicyclic) bond motifs is 2. The predicted molar refractivity (Wildman–Crippen MR) is 96.5 cm³/mol. The summed E-state index contributed by atoms with van der Waals surface area (Å²) in [5, 5.41) is 3.27. The van der Waals surface area contributed by atoms with Crippen LogP contribution in [0.5, 0.6) is 0 Å². The van der Waals surface area contributed by atoms with E-state index in [9.17, 15) is 0 Å². The lowest BCUT2D eigenvalue weighted by Gasteiger charge is -2.37. The molecule has 0 aromatic heterocycles. The number of rotatable bonds is 2. The molecule has 0 atom stereocenters. The van der Waals surface area contributed by atoms with Crippen LogP contribution >= 0.6 is 0 Å². The quantitative estimate of drug-likeness (QED) is 0.684. The Morgan fingerprint density at radius 1 is 0.818 bits per heavy atom. The molecule has 0 fully saturated rings. The molecule has 1 aliphatic rings. The maximum Gasteiger partial charge on any atom is 0.0426 e. The third kappa shape index (κ3) is 2.33. The highest BCUT2D eigenvalue weighted by atomic mass is 14.9. The number of hydrogen-bond acceptors (Lipinski definition) is 1. The van der Waals surface area contributed by atoms with E-state index in [4.69, 9.17) is 8.22 Å². The number of benzene rings is 2. The second-order valence-electron chi connectivity index (χ2n) is 6.79. The molecule has 116 valence electrons. The fraction of sp³-hybridized carbons (Fsp3) is 0.429. The highest BCUT2D eigenvalue weighted by Gasteiger charge is 2.33. The molecule has 0 saturated heterocycles. The summed E-state index contributed by atoms with van der Waals surface area (Å²) in [5.41, 5.74) is 1.48. The number of nitrogens with one attached hydrogen (secondary N) is 1. The first-order chi connectivity index (χ1) is 12.8. The Bertz CT molecular complexity index is 819. The highest BCUT2D eigenvalue weighted by Crippen LogP contribution is 2.46. The minimum atomic E-state index is -2.75. The van der Waals surface area contributed by atoms with Crippen molar-refractivity contribution in [2.45, 2.75) is 58.6 Å². The van der Waals surface area contributed by atoms with Crippen LogP contribution in [0.2, 0.25) is 0 Å². The minimum absolute atomic E-state index is 0.152. The van der Waals surface area contributed by atoms with Crippen LogP contribution in [0.3, 0.4) is 0 Å². The number of anilines is 2. The molecule has 0 unspecified atom stereocenters. The van der Waals surface area contributed by atoms with E-state index >= 15 is 0 Å². The first-order valence-electron chi connectivity index (χ1n) is 10.9. The van der Waals surface area contributed by atoms with E-state index in [-0.39, 0.29) is 11.8 Å². The van der Waals surface area contributed by atoms with Gasteiger partial charge in [-0.25, -0.2) is 0 Å². The van der Waals surface area contributed by atoms with Gasteiger partial charge in [0.1, 0.15) is 0 Å². The van der Waals surface area contributed by atoms with Crippen molar-refractivity contribution in [3.63, 3.8) is 0 Å². The van der Waals surface area contributed by atoms with Crippen molar-refractivity contribution in [1.82, 2.24) is 0 Å². The number of hydrogen-bond donors (Lipinski definition) is 1. The summed E-state index contributed by atoms with van der Waals surface area (Å²) in [4.78, 5) is 0. The third-order valence-corrected chi connectivity index (χ3v) is 4.50. The van der Waals surface area contributed by atoms with Gasteiger partial charge in [0.15, 0.2) is 0 Å². The molecule has 2 aromatic carbocycles. The molecule has 0 saturated carbocycles. The van der Waals surface area contributed by atoms with Gasteiger partial charge in [-0.1, -0.05) is 65.7 Å². The summed E-state index contributed by atoms with van der Waals surface area (Å²) in [6.07, 6.45) is 0. The Kier molecular flexibility index (Phi) is 2.20. The van der Waals surface area contributed by atoms with Crippen molar-refractivity contribution in [1.29, 1.82) is 0 Å². The van der Waals surface area contributed by atoms with Crippen molar-refractivity contribution in [3.8, 4) is 0 Å². The Balaban J connectivity index is 2.47. The van der Waals surface area contributed by atoms with Crippen molar-refractivity contribution in [2.24, 2.45) is 0 Å². The maximum absolute atomic E-state index is 8.39. The molecule has 0 spiro atoms. The molecule has 22 heavy (non-hydrogen) atoms. The molecule has 3 rings (SSSR count). The highest BCUT2D eigenvalue weighted by molar-refractivity contribution is 5.76. The molecular formula is C21H27N. The lowest BCUT2D eigenvalue weighted by atomic mass is 9.72. The summed E-state index contributed by atoms with van der Waals surface area (Å²) in [5.74, 6) is 0.305. The normalized spacial score (nSPS) is 20.6. The molecular weight excluding hydrogens is 266 g/mol. The van der Waals surface area contributed by atoms with Crippen LogP contribution in [-0.2, 0) is 5.41 Å². The van der Waals surface area contributed by atoms with E-state index in [1.807, 2.05) is 39.8 Å². The first kappa shape index (κ1) is 9.39. The van der Waals surface area contributed by atoms with Crippen LogP contribution in [0, 0.1) is 0 Å². The molecule has 1 heteroatoms. The Hall–Kier alpha value is -1.76. The fourth-order valence-electron chi connectivity index (χ4n) is 2.97. The zero-order valence-corrected chi connectivity index (χ0v) is 13.6. The smallest absolute Gasteiger partial charge is 0.0426 e. The molecule has 0 aliphatic carbocycles. The summed E-state index contributed by atoms with van der Waals surface area (Å²) >= 11 is 0. The van der Waals surface area contributed by atoms with Crippen LogP contribution in [0.25, 0.3) is 0 Å². The monoisotopic (exact) mass is 299 g/mol. The third-order valence-electron chi connectivity index (χ3n) is 4.50. The summed E-state index contributed by atoms with van der Waals surface area (Å²) < 4.78 is 50.4. The molecule has 2 aromatic rings. The van der Waals surface area contributed by atoms with Crippen molar-refractivity contribution in [2.75, 3.05) is 5.32 Å². The second-order valence-corrected chi connectivity index (χ2v) is 6.79. The molecule has 1 aliphatic heterocycles. The molecule has 1 heterocycles. The van der Waals surface area contributed by atoms with Crippen LogP contribution in [0.15, 0.2) is 36.4 Å². The SMILES string of the molecule is [2H]C([2H])([2H])C1(C([2H])([2H])[2H])c2cc(C(C)C)ccc2Nc2ccc(C(C)C)cc21. The van der Waals surface area contributed by atoms with E-state index in [0.29, 0.717) is 22.5 Å². The Morgan fingerprint density at radius 2 is 1.27 bits per heavy atom. The summed E-state index contributed by atoms with van der Waals surface area (Å²) in [6.45, 7) is 2.53. The fourth-order valence-corrected chi connectivity index (χ4v) is 2.97. The molecule has 0 amide bonds. The average molecular weight is 299 g/mol. The van der Waals surface area contributed by atoms with Gasteiger partial charge < -0.3 is 5.32 Å². The van der Waals surface area contributed by atoms with E-state index < -0.39 is 19.1 Å². The van der Waals surface area contributed by atoms with Crippen molar-refractivity contribution < 1.29 is 8.22 Å². The van der Waals surface area contributed by atoms with Crippen LogP contribution in [-0.4, -0.2) is 0 Å². The van der Waals surface area contributed by atoms with Crippen LogP contribution < -0.4 is 5.32 Å². The van der Waals surface area contributed by atoms with E-state index in [0.717, 1.165) is 11.1 Å². The van der Waals surface area contributed by atoms with Crippen molar-refractivity contribution >= 4 is 11.4 Å². The lowest BCUT2D eigenvalue weighted by Crippen LogP contribution is -2.26. The van der Waals surface area contributed by atoms with Gasteiger partial charge in [-0.15, -0.1) is 0 Å². The van der Waals surface area contributed by atoms with Gasteiger partial charge in [0.25, 0.3) is 0 Å².